The van der Waals surface area contributed by atoms with Gasteiger partial charge in [-0.1, -0.05) is 29.8 Å². The molecule has 1 aromatic rings. The van der Waals surface area contributed by atoms with E-state index in [0.29, 0.717) is 28.7 Å². The third-order valence-electron chi connectivity index (χ3n) is 6.66. The highest BCUT2D eigenvalue weighted by Gasteiger charge is 2.53. The molecule has 5 rings (SSSR count). The van der Waals surface area contributed by atoms with Gasteiger partial charge in [0.25, 0.3) is 0 Å². The van der Waals surface area contributed by atoms with Crippen LogP contribution < -0.4 is 5.32 Å². The van der Waals surface area contributed by atoms with Gasteiger partial charge in [-0.25, -0.2) is 0 Å². The molecule has 1 aromatic carbocycles. The molecule has 4 atom stereocenters. The van der Waals surface area contributed by atoms with Gasteiger partial charge in [-0.3, -0.25) is 24.5 Å². The molecule has 2 amide bonds. The summed E-state index contributed by atoms with van der Waals surface area (Å²) in [5, 5.41) is 13.0. The predicted molar refractivity (Wildman–Crippen MR) is 103 cm³/mol. The molecule has 6 heteroatoms. The van der Waals surface area contributed by atoms with E-state index in [4.69, 9.17) is 0 Å². The van der Waals surface area contributed by atoms with E-state index in [1.165, 1.54) is 6.08 Å². The molecule has 0 aromatic heterocycles. The summed E-state index contributed by atoms with van der Waals surface area (Å²) in [7, 11) is 0. The Morgan fingerprint density at radius 2 is 1.79 bits per heavy atom. The number of amides is 2. The lowest BCUT2D eigenvalue weighted by Crippen LogP contribution is -2.39. The summed E-state index contributed by atoms with van der Waals surface area (Å²) >= 11 is 0. The Labute approximate surface area is 167 Å². The molecule has 4 unspecified atom stereocenters. The Hall–Kier alpha value is -3.28. The third-order valence-corrected chi connectivity index (χ3v) is 6.66. The van der Waals surface area contributed by atoms with Crippen LogP contribution in [0.3, 0.4) is 0 Å². The zero-order valence-electron chi connectivity index (χ0n) is 15.8. The SMILES string of the molecule is CC1=CC(=O)C2=C(C1=O)C(c1ccccc1O)C1=CCC3C(=O)NC(=O)C3C1C2. The molecule has 0 radical (unpaired) electrons. The van der Waals surface area contributed by atoms with E-state index in [1.54, 1.807) is 31.2 Å². The van der Waals surface area contributed by atoms with Gasteiger partial charge in [0.2, 0.25) is 11.8 Å². The highest BCUT2D eigenvalue weighted by Crippen LogP contribution is 2.55. The zero-order chi connectivity index (χ0) is 20.4. The number of nitrogens with one attached hydrogen (secondary N) is 1. The van der Waals surface area contributed by atoms with Gasteiger partial charge in [-0.05, 0) is 37.8 Å². The number of benzene rings is 1. The maximum atomic E-state index is 13.1. The second-order valence-electron chi connectivity index (χ2n) is 8.14. The maximum absolute atomic E-state index is 13.1. The minimum Gasteiger partial charge on any atom is -0.508 e. The number of ketones is 2. The fourth-order valence-electron chi connectivity index (χ4n) is 5.36. The smallest absolute Gasteiger partial charge is 0.231 e. The van der Waals surface area contributed by atoms with Crippen molar-refractivity contribution in [2.24, 2.45) is 17.8 Å². The first kappa shape index (κ1) is 17.8. The molecular weight excluding hydrogens is 370 g/mol. The zero-order valence-corrected chi connectivity index (χ0v) is 15.8. The summed E-state index contributed by atoms with van der Waals surface area (Å²) < 4.78 is 0. The summed E-state index contributed by atoms with van der Waals surface area (Å²) in [5.41, 5.74) is 2.53. The molecule has 3 aliphatic carbocycles. The summed E-state index contributed by atoms with van der Waals surface area (Å²) in [6.07, 6.45) is 3.92. The Morgan fingerprint density at radius 3 is 2.55 bits per heavy atom. The quantitative estimate of drug-likeness (QED) is 0.435. The van der Waals surface area contributed by atoms with Crippen LogP contribution in [0.2, 0.25) is 0 Å². The van der Waals surface area contributed by atoms with Gasteiger partial charge in [-0.15, -0.1) is 0 Å². The molecule has 0 saturated carbocycles. The van der Waals surface area contributed by atoms with Crippen LogP contribution in [0.15, 0.2) is 58.7 Å². The number of Topliss-reactive ketones (excluding diaryl/α,β-unsaturated/α-hetero) is 1. The van der Waals surface area contributed by atoms with Crippen LogP contribution in [0, 0.1) is 17.8 Å². The molecule has 146 valence electrons. The number of phenolic OH excluding ortho intramolecular Hbond substituents is 1. The minimum absolute atomic E-state index is 0.0347. The first-order valence-corrected chi connectivity index (χ1v) is 9.71. The van der Waals surface area contributed by atoms with Gasteiger partial charge in [-0.2, -0.15) is 0 Å². The summed E-state index contributed by atoms with van der Waals surface area (Å²) in [6, 6.07) is 6.76. The molecule has 0 bridgehead atoms. The Morgan fingerprint density at radius 1 is 1.03 bits per heavy atom. The van der Waals surface area contributed by atoms with E-state index in [9.17, 15) is 24.3 Å². The highest BCUT2D eigenvalue weighted by molar-refractivity contribution is 6.23. The summed E-state index contributed by atoms with van der Waals surface area (Å²) in [5.74, 6) is -2.97. The van der Waals surface area contributed by atoms with Crippen LogP contribution >= 0.6 is 0 Å². The molecule has 29 heavy (non-hydrogen) atoms. The van der Waals surface area contributed by atoms with E-state index >= 15 is 0 Å². The number of hydrogen-bond donors (Lipinski definition) is 2. The number of fused-ring (bicyclic) bond motifs is 3. The molecule has 1 fully saturated rings. The van der Waals surface area contributed by atoms with E-state index in [-0.39, 0.29) is 41.5 Å². The molecule has 4 aliphatic rings. The van der Waals surface area contributed by atoms with E-state index in [2.05, 4.69) is 5.32 Å². The van der Waals surface area contributed by atoms with Gasteiger partial charge in [0.15, 0.2) is 11.6 Å². The third kappa shape index (κ3) is 2.41. The number of carbonyl (C=O) groups is 4. The highest BCUT2D eigenvalue weighted by atomic mass is 16.3. The van der Waals surface area contributed by atoms with Gasteiger partial charge in [0.1, 0.15) is 5.75 Å². The average Bonchev–Trinajstić information content (AvgIpc) is 2.99. The van der Waals surface area contributed by atoms with Crippen LogP contribution in [-0.2, 0) is 19.2 Å². The molecule has 1 saturated heterocycles. The maximum Gasteiger partial charge on any atom is 0.231 e. The number of hydrogen-bond acceptors (Lipinski definition) is 5. The second kappa shape index (κ2) is 6.11. The lowest BCUT2D eigenvalue weighted by atomic mass is 9.59. The molecular formula is C23H19NO5. The molecule has 1 heterocycles. The van der Waals surface area contributed by atoms with Crippen LogP contribution in [-0.4, -0.2) is 28.5 Å². The second-order valence-corrected chi connectivity index (χ2v) is 8.14. The first-order chi connectivity index (χ1) is 13.9. The Balaban J connectivity index is 1.74. The largest absolute Gasteiger partial charge is 0.508 e. The van der Waals surface area contributed by atoms with Crippen molar-refractivity contribution in [3.63, 3.8) is 0 Å². The number of aromatic hydroxyl groups is 1. The van der Waals surface area contributed by atoms with Crippen molar-refractivity contribution in [1.82, 2.24) is 5.32 Å². The summed E-state index contributed by atoms with van der Waals surface area (Å²) in [4.78, 5) is 50.7. The van der Waals surface area contributed by atoms with Gasteiger partial charge in [0, 0.05) is 28.2 Å². The van der Waals surface area contributed by atoms with E-state index < -0.39 is 17.8 Å². The lowest BCUT2D eigenvalue weighted by molar-refractivity contribution is -0.126. The van der Waals surface area contributed by atoms with Crippen molar-refractivity contribution in [3.8, 4) is 5.75 Å². The standard InChI is InChI=1S/C23H19NO5/c1-10-8-17(26)15-9-14-11(6-7-13-19(14)23(29)24-22(13)28)18(20(15)21(10)27)12-4-2-3-5-16(12)25/h2-6,8,13-14,18-19,25H,7,9H2,1H3,(H,24,28,29). The number of rotatable bonds is 1. The number of imide groups is 1. The van der Waals surface area contributed by atoms with E-state index in [0.717, 1.165) is 5.57 Å². The average molecular weight is 389 g/mol. The van der Waals surface area contributed by atoms with Crippen LogP contribution in [0.4, 0.5) is 0 Å². The molecule has 0 spiro atoms. The van der Waals surface area contributed by atoms with Gasteiger partial charge < -0.3 is 5.11 Å². The van der Waals surface area contributed by atoms with Crippen molar-refractivity contribution in [3.05, 3.63) is 64.3 Å². The monoisotopic (exact) mass is 389 g/mol. The number of allylic oxidation sites excluding steroid dienone is 6. The molecule has 6 nitrogen and oxygen atoms in total. The predicted octanol–water partition coefficient (Wildman–Crippen LogP) is 2.11. The van der Waals surface area contributed by atoms with Crippen molar-refractivity contribution in [1.29, 1.82) is 0 Å². The normalized spacial score (nSPS) is 30.9. The van der Waals surface area contributed by atoms with E-state index in [1.807, 2.05) is 6.08 Å². The fraction of sp³-hybridized carbons (Fsp3) is 0.304. The van der Waals surface area contributed by atoms with Crippen LogP contribution in [0.5, 0.6) is 5.75 Å². The van der Waals surface area contributed by atoms with Crippen molar-refractivity contribution < 1.29 is 24.3 Å². The number of carbonyl (C=O) groups excluding carboxylic acids is 4. The number of phenols is 1. The van der Waals surface area contributed by atoms with Crippen LogP contribution in [0.25, 0.3) is 0 Å². The van der Waals surface area contributed by atoms with Crippen molar-refractivity contribution in [2.75, 3.05) is 0 Å². The molecule has 1 aliphatic heterocycles. The minimum atomic E-state index is -0.602. The number of para-hydroxylation sites is 1. The summed E-state index contributed by atoms with van der Waals surface area (Å²) in [6.45, 7) is 1.62. The first-order valence-electron chi connectivity index (χ1n) is 9.71. The van der Waals surface area contributed by atoms with Crippen LogP contribution in [0.1, 0.15) is 31.2 Å². The Kier molecular flexibility index (Phi) is 3.75. The van der Waals surface area contributed by atoms with Gasteiger partial charge >= 0.3 is 0 Å². The van der Waals surface area contributed by atoms with Gasteiger partial charge in [0.05, 0.1) is 11.8 Å². The topological polar surface area (TPSA) is 101 Å². The fourth-order valence-corrected chi connectivity index (χ4v) is 5.36. The van der Waals surface area contributed by atoms with Crippen molar-refractivity contribution >= 4 is 23.4 Å². The van der Waals surface area contributed by atoms with Crippen molar-refractivity contribution in [2.45, 2.75) is 25.7 Å². The molecule has 2 N–H and O–H groups in total. The Bertz CT molecular complexity index is 1110. The lowest BCUT2D eigenvalue weighted by Gasteiger charge is -2.42.